The van der Waals surface area contributed by atoms with Crippen LogP contribution in [0.25, 0.3) is 0 Å². The van der Waals surface area contributed by atoms with Gasteiger partial charge in [-0.2, -0.15) is 5.10 Å². The highest BCUT2D eigenvalue weighted by molar-refractivity contribution is 8.15. The second-order valence-corrected chi connectivity index (χ2v) is 4.14. The van der Waals surface area contributed by atoms with Crippen molar-refractivity contribution in [2.75, 3.05) is 11.2 Å². The van der Waals surface area contributed by atoms with Crippen LogP contribution in [-0.2, 0) is 4.79 Å². The van der Waals surface area contributed by atoms with Gasteiger partial charge in [0, 0.05) is 6.92 Å². The lowest BCUT2D eigenvalue weighted by Crippen LogP contribution is -2.08. The molecule has 1 aromatic carbocycles. The molecular formula is C11H14N2OS. The third kappa shape index (κ3) is 4.16. The van der Waals surface area contributed by atoms with E-state index in [0.717, 1.165) is 11.4 Å². The molecule has 0 amide bonds. The van der Waals surface area contributed by atoms with Crippen LogP contribution in [0.2, 0.25) is 0 Å². The van der Waals surface area contributed by atoms with Gasteiger partial charge in [-0.15, -0.1) is 11.8 Å². The number of nitrogens with zero attached hydrogens (tertiary/aromatic N) is 1. The van der Waals surface area contributed by atoms with Crippen molar-refractivity contribution in [3.8, 4) is 0 Å². The summed E-state index contributed by atoms with van der Waals surface area (Å²) in [5.41, 5.74) is 3.74. The fourth-order valence-corrected chi connectivity index (χ4v) is 1.56. The van der Waals surface area contributed by atoms with Gasteiger partial charge in [-0.05, 0) is 17.9 Å². The molecule has 15 heavy (non-hydrogen) atoms. The largest absolute Gasteiger partial charge is 0.292 e. The fraction of sp³-hybridized carbons (Fsp3) is 0.273. The fourth-order valence-electron chi connectivity index (χ4n) is 0.977. The van der Waals surface area contributed by atoms with Crippen molar-refractivity contribution in [2.24, 2.45) is 5.10 Å². The summed E-state index contributed by atoms with van der Waals surface area (Å²) in [5.74, 6) is 0.833. The predicted molar refractivity (Wildman–Crippen MR) is 66.3 cm³/mol. The molecule has 0 aliphatic rings. The molecule has 0 heterocycles. The number of para-hydroxylation sites is 1. The molecule has 0 atom stereocenters. The second-order valence-electron chi connectivity index (χ2n) is 2.88. The van der Waals surface area contributed by atoms with Gasteiger partial charge >= 0.3 is 0 Å². The summed E-state index contributed by atoms with van der Waals surface area (Å²) >= 11 is 1.44. The van der Waals surface area contributed by atoms with Crippen molar-refractivity contribution < 1.29 is 4.79 Å². The molecule has 0 bridgehead atoms. The van der Waals surface area contributed by atoms with Crippen LogP contribution in [0.4, 0.5) is 5.69 Å². The first-order valence-electron chi connectivity index (χ1n) is 4.76. The number of rotatable bonds is 4. The molecule has 0 fully saturated rings. The Morgan fingerprint density at radius 1 is 1.40 bits per heavy atom. The van der Waals surface area contributed by atoms with E-state index in [1.54, 1.807) is 0 Å². The molecule has 1 N–H and O–H groups in total. The van der Waals surface area contributed by atoms with E-state index in [2.05, 4.69) is 10.5 Å². The van der Waals surface area contributed by atoms with Crippen LogP contribution in [0, 0.1) is 0 Å². The van der Waals surface area contributed by atoms with Gasteiger partial charge < -0.3 is 0 Å². The molecular weight excluding hydrogens is 208 g/mol. The zero-order valence-corrected chi connectivity index (χ0v) is 9.67. The number of nitrogens with one attached hydrogen (secondary N) is 1. The molecule has 0 aromatic heterocycles. The van der Waals surface area contributed by atoms with Crippen LogP contribution >= 0.6 is 11.8 Å². The van der Waals surface area contributed by atoms with Gasteiger partial charge in [-0.25, -0.2) is 0 Å². The maximum absolute atomic E-state index is 11.2. The minimum atomic E-state index is -0.00900. The topological polar surface area (TPSA) is 41.5 Å². The number of carbonyl (C=O) groups excluding carboxylic acids is 1. The number of carbonyl (C=O) groups is 1. The number of benzene rings is 1. The number of hydrogen-bond donors (Lipinski definition) is 1. The van der Waals surface area contributed by atoms with Gasteiger partial charge in [0.15, 0.2) is 10.8 Å². The maximum Gasteiger partial charge on any atom is 0.186 e. The van der Waals surface area contributed by atoms with E-state index in [9.17, 15) is 4.79 Å². The first kappa shape index (κ1) is 11.8. The Balaban J connectivity index is 2.65. The van der Waals surface area contributed by atoms with Gasteiger partial charge in [0.1, 0.15) is 0 Å². The van der Waals surface area contributed by atoms with Crippen LogP contribution < -0.4 is 5.43 Å². The number of thioether (sulfide) groups is 1. The van der Waals surface area contributed by atoms with Crippen LogP contribution in [0.15, 0.2) is 35.4 Å². The smallest absolute Gasteiger partial charge is 0.186 e. The Hall–Kier alpha value is -1.29. The quantitative estimate of drug-likeness (QED) is 0.484. The molecule has 0 saturated carbocycles. The highest BCUT2D eigenvalue weighted by Crippen LogP contribution is 2.08. The molecule has 1 rings (SSSR count). The van der Waals surface area contributed by atoms with Crippen molar-refractivity contribution in [3.63, 3.8) is 0 Å². The third-order valence-corrected chi connectivity index (χ3v) is 2.58. The third-order valence-electron chi connectivity index (χ3n) is 1.64. The number of Topliss-reactive ketones (excluding diaryl/α,β-unsaturated/α-hetero) is 1. The van der Waals surface area contributed by atoms with Crippen molar-refractivity contribution in [1.29, 1.82) is 0 Å². The molecule has 4 heteroatoms. The molecule has 0 aliphatic heterocycles. The number of anilines is 1. The highest BCUT2D eigenvalue weighted by atomic mass is 32.2. The molecule has 0 radical (unpaired) electrons. The van der Waals surface area contributed by atoms with Gasteiger partial charge in [0.2, 0.25) is 0 Å². The summed E-state index contributed by atoms with van der Waals surface area (Å²) in [6.07, 6.45) is 0. The SMILES string of the molecule is CCS/C(=N\Nc1ccccc1)C(C)=O. The molecule has 0 aliphatic carbocycles. The lowest BCUT2D eigenvalue weighted by atomic mass is 10.3. The minimum Gasteiger partial charge on any atom is -0.292 e. The van der Waals surface area contributed by atoms with Crippen molar-refractivity contribution in [1.82, 2.24) is 0 Å². The molecule has 3 nitrogen and oxygen atoms in total. The second kappa shape index (κ2) is 6.24. The molecule has 0 spiro atoms. The molecule has 0 unspecified atom stereocenters. The Labute approximate surface area is 94.0 Å². The van der Waals surface area contributed by atoms with E-state index >= 15 is 0 Å². The van der Waals surface area contributed by atoms with E-state index in [1.807, 2.05) is 37.3 Å². The van der Waals surface area contributed by atoms with Gasteiger partial charge in [0.05, 0.1) is 5.69 Å². The number of hydrogen-bond acceptors (Lipinski definition) is 4. The Morgan fingerprint density at radius 3 is 2.60 bits per heavy atom. The van der Waals surface area contributed by atoms with Crippen LogP contribution in [0.1, 0.15) is 13.8 Å². The maximum atomic E-state index is 11.2. The first-order chi connectivity index (χ1) is 7.24. The van der Waals surface area contributed by atoms with Crippen molar-refractivity contribution in [3.05, 3.63) is 30.3 Å². The van der Waals surface area contributed by atoms with Crippen molar-refractivity contribution >= 4 is 28.3 Å². The van der Waals surface area contributed by atoms with E-state index < -0.39 is 0 Å². The van der Waals surface area contributed by atoms with Crippen molar-refractivity contribution in [2.45, 2.75) is 13.8 Å². The first-order valence-corrected chi connectivity index (χ1v) is 5.75. The monoisotopic (exact) mass is 222 g/mol. The average molecular weight is 222 g/mol. The summed E-state index contributed by atoms with van der Waals surface area (Å²) < 4.78 is 0. The van der Waals surface area contributed by atoms with Crippen LogP contribution in [-0.4, -0.2) is 16.6 Å². The summed E-state index contributed by atoms with van der Waals surface area (Å²) in [6.45, 7) is 3.51. The van der Waals surface area contributed by atoms with Gasteiger partial charge in [-0.3, -0.25) is 10.2 Å². The Morgan fingerprint density at radius 2 is 2.07 bits per heavy atom. The van der Waals surface area contributed by atoms with Gasteiger partial charge in [0.25, 0.3) is 0 Å². The number of ketones is 1. The van der Waals surface area contributed by atoms with Crippen LogP contribution in [0.3, 0.4) is 0 Å². The minimum absolute atomic E-state index is 0.00900. The van der Waals surface area contributed by atoms with Gasteiger partial charge in [-0.1, -0.05) is 25.1 Å². The average Bonchev–Trinajstić information content (AvgIpc) is 2.25. The van der Waals surface area contributed by atoms with E-state index in [-0.39, 0.29) is 5.78 Å². The molecule has 0 saturated heterocycles. The van der Waals surface area contributed by atoms with E-state index in [0.29, 0.717) is 5.04 Å². The standard InChI is InChI=1S/C11H14N2OS/c1-3-15-11(9(2)14)13-12-10-7-5-4-6-8-10/h4-8,12H,3H2,1-2H3/b13-11-. The Bertz CT molecular complexity index is 349. The van der Waals surface area contributed by atoms with Crippen LogP contribution in [0.5, 0.6) is 0 Å². The van der Waals surface area contributed by atoms with E-state index in [1.165, 1.54) is 18.7 Å². The lowest BCUT2D eigenvalue weighted by Gasteiger charge is -2.02. The Kier molecular flexibility index (Phi) is 4.90. The summed E-state index contributed by atoms with van der Waals surface area (Å²) in [6, 6.07) is 9.56. The van der Waals surface area contributed by atoms with E-state index in [4.69, 9.17) is 0 Å². The summed E-state index contributed by atoms with van der Waals surface area (Å²) in [4.78, 5) is 11.2. The normalized spacial score (nSPS) is 11.2. The predicted octanol–water partition coefficient (Wildman–Crippen LogP) is 2.75. The summed E-state index contributed by atoms with van der Waals surface area (Å²) in [7, 11) is 0. The zero-order valence-electron chi connectivity index (χ0n) is 8.86. The number of hydrazone groups is 1. The lowest BCUT2D eigenvalue weighted by molar-refractivity contribution is -0.110. The molecule has 1 aromatic rings. The zero-order chi connectivity index (χ0) is 11.1. The molecule has 80 valence electrons. The summed E-state index contributed by atoms with van der Waals surface area (Å²) in [5, 5.41) is 4.58. The highest BCUT2D eigenvalue weighted by Gasteiger charge is 2.04.